The largest absolute Gasteiger partial charge is 0.495 e. The number of methoxy groups -OCH3 is 1. The van der Waals surface area contributed by atoms with Gasteiger partial charge in [0.2, 0.25) is 0 Å². The van der Waals surface area contributed by atoms with Gasteiger partial charge in [-0.1, -0.05) is 36.4 Å². The lowest BCUT2D eigenvalue weighted by atomic mass is 10.1. The molecule has 0 N–H and O–H groups in total. The molecule has 0 saturated carbocycles. The predicted molar refractivity (Wildman–Crippen MR) is 145 cm³/mol. The molecule has 1 fully saturated rings. The van der Waals surface area contributed by atoms with Crippen LogP contribution < -0.4 is 9.64 Å². The van der Waals surface area contributed by atoms with E-state index in [1.165, 1.54) is 24.4 Å². The molecule has 1 aliphatic heterocycles. The zero-order chi connectivity index (χ0) is 26.7. The van der Waals surface area contributed by atoms with E-state index in [-0.39, 0.29) is 21.9 Å². The number of hydrogen-bond acceptors (Lipinski definition) is 6. The molecule has 1 aliphatic rings. The molecule has 38 heavy (non-hydrogen) atoms. The Kier molecular flexibility index (Phi) is 7.28. The molecule has 0 unspecified atom stereocenters. The molecular weight excluding hydrogens is 505 g/mol. The van der Waals surface area contributed by atoms with Crippen LogP contribution in [-0.2, 0) is 15.6 Å². The molecule has 4 aromatic rings. The third-order valence-electron chi connectivity index (χ3n) is 6.79. The van der Waals surface area contributed by atoms with Gasteiger partial charge < -0.3 is 14.5 Å². The minimum Gasteiger partial charge on any atom is -0.495 e. The van der Waals surface area contributed by atoms with Gasteiger partial charge in [-0.25, -0.2) is 12.8 Å². The summed E-state index contributed by atoms with van der Waals surface area (Å²) in [7, 11) is -2.24. The molecule has 1 aromatic heterocycles. The van der Waals surface area contributed by atoms with E-state index in [2.05, 4.69) is 9.88 Å². The molecule has 0 radical (unpaired) electrons. The van der Waals surface area contributed by atoms with E-state index in [0.717, 1.165) is 30.5 Å². The molecule has 5 rings (SSSR count). The highest BCUT2D eigenvalue weighted by atomic mass is 32.2. The number of benzene rings is 3. The minimum atomic E-state index is -3.87. The van der Waals surface area contributed by atoms with Gasteiger partial charge in [0.15, 0.2) is 9.84 Å². The van der Waals surface area contributed by atoms with Gasteiger partial charge in [-0.2, -0.15) is 0 Å². The SMILES string of the molecule is COc1ccccc1N1CCCN(C(=O)c2ccc(CS(=O)(=O)c3cccc4cccnc34)c(F)c2)CC1. The Labute approximate surface area is 221 Å². The summed E-state index contributed by atoms with van der Waals surface area (Å²) in [4.78, 5) is 21.4. The van der Waals surface area contributed by atoms with E-state index in [0.29, 0.717) is 30.5 Å². The Morgan fingerprint density at radius 3 is 2.61 bits per heavy atom. The second kappa shape index (κ2) is 10.8. The summed E-state index contributed by atoms with van der Waals surface area (Å²) in [5, 5.41) is 0.691. The lowest BCUT2D eigenvalue weighted by Gasteiger charge is -2.25. The number of ether oxygens (including phenoxy) is 1. The van der Waals surface area contributed by atoms with Crippen molar-refractivity contribution in [3.63, 3.8) is 0 Å². The first-order valence-corrected chi connectivity index (χ1v) is 14.0. The summed E-state index contributed by atoms with van der Waals surface area (Å²) in [6, 6.07) is 20.2. The van der Waals surface area contributed by atoms with Gasteiger partial charge in [-0.3, -0.25) is 9.78 Å². The first-order chi connectivity index (χ1) is 18.4. The minimum absolute atomic E-state index is 0.00713. The number of rotatable bonds is 6. The second-order valence-electron chi connectivity index (χ2n) is 9.20. The van der Waals surface area contributed by atoms with Crippen LogP contribution in [0.25, 0.3) is 10.9 Å². The Morgan fingerprint density at radius 1 is 0.974 bits per heavy atom. The molecule has 0 aliphatic carbocycles. The van der Waals surface area contributed by atoms with Crippen LogP contribution in [0.3, 0.4) is 0 Å². The first-order valence-electron chi connectivity index (χ1n) is 12.4. The Balaban J connectivity index is 1.31. The summed E-state index contributed by atoms with van der Waals surface area (Å²) >= 11 is 0. The molecule has 0 spiro atoms. The van der Waals surface area contributed by atoms with E-state index in [1.807, 2.05) is 24.3 Å². The Bertz CT molecular complexity index is 1590. The van der Waals surface area contributed by atoms with Gasteiger partial charge >= 0.3 is 0 Å². The third kappa shape index (κ3) is 5.19. The maximum Gasteiger partial charge on any atom is 0.254 e. The van der Waals surface area contributed by atoms with Gasteiger partial charge in [0.05, 0.1) is 29.0 Å². The van der Waals surface area contributed by atoms with Crippen LogP contribution in [0.2, 0.25) is 0 Å². The Hall–Kier alpha value is -3.98. The van der Waals surface area contributed by atoms with Crippen molar-refractivity contribution in [2.45, 2.75) is 17.1 Å². The summed E-state index contributed by atoms with van der Waals surface area (Å²) in [6.07, 6.45) is 2.28. The zero-order valence-corrected chi connectivity index (χ0v) is 21.8. The van der Waals surface area contributed by atoms with Gasteiger partial charge in [0.1, 0.15) is 11.6 Å². The highest BCUT2D eigenvalue weighted by Gasteiger charge is 2.24. The van der Waals surface area contributed by atoms with Crippen molar-refractivity contribution >= 4 is 32.3 Å². The third-order valence-corrected chi connectivity index (χ3v) is 8.48. The van der Waals surface area contributed by atoms with Gasteiger partial charge in [-0.05, 0) is 42.8 Å². The van der Waals surface area contributed by atoms with E-state index in [1.54, 1.807) is 36.3 Å². The molecule has 0 atom stereocenters. The van der Waals surface area contributed by atoms with E-state index in [4.69, 9.17) is 4.74 Å². The highest BCUT2D eigenvalue weighted by molar-refractivity contribution is 7.90. The topological polar surface area (TPSA) is 79.8 Å². The number of halogens is 1. The lowest BCUT2D eigenvalue weighted by molar-refractivity contribution is 0.0766. The van der Waals surface area contributed by atoms with Crippen molar-refractivity contribution < 1.29 is 22.3 Å². The van der Waals surface area contributed by atoms with Crippen LogP contribution in [0.4, 0.5) is 10.1 Å². The average Bonchev–Trinajstić information content (AvgIpc) is 3.19. The number of sulfone groups is 1. The van der Waals surface area contributed by atoms with E-state index in [9.17, 15) is 13.2 Å². The fourth-order valence-corrected chi connectivity index (χ4v) is 6.39. The number of fused-ring (bicyclic) bond motifs is 1. The first kappa shape index (κ1) is 25.7. The molecule has 1 saturated heterocycles. The summed E-state index contributed by atoms with van der Waals surface area (Å²) in [5.41, 5.74) is 1.53. The molecule has 196 valence electrons. The van der Waals surface area contributed by atoms with E-state index < -0.39 is 21.4 Å². The second-order valence-corrected chi connectivity index (χ2v) is 11.2. The quantitative estimate of drug-likeness (QED) is 0.357. The Morgan fingerprint density at radius 2 is 1.79 bits per heavy atom. The number of para-hydroxylation sites is 3. The highest BCUT2D eigenvalue weighted by Crippen LogP contribution is 2.29. The van der Waals surface area contributed by atoms with Crippen molar-refractivity contribution in [2.24, 2.45) is 0 Å². The average molecular weight is 534 g/mol. The molecular formula is C29H28FN3O4S. The van der Waals surface area contributed by atoms with Gasteiger partial charge in [0, 0.05) is 48.9 Å². The number of nitrogens with zero attached hydrogens (tertiary/aromatic N) is 3. The van der Waals surface area contributed by atoms with Crippen LogP contribution in [0.15, 0.2) is 83.9 Å². The van der Waals surface area contributed by atoms with Crippen molar-refractivity contribution in [1.82, 2.24) is 9.88 Å². The van der Waals surface area contributed by atoms with Crippen LogP contribution >= 0.6 is 0 Å². The number of anilines is 1. The van der Waals surface area contributed by atoms with Crippen LogP contribution in [0.1, 0.15) is 22.3 Å². The molecule has 0 bridgehead atoms. The van der Waals surface area contributed by atoms with E-state index >= 15 is 4.39 Å². The normalized spacial score (nSPS) is 14.4. The number of aromatic nitrogens is 1. The fourth-order valence-electron chi connectivity index (χ4n) is 4.84. The molecule has 3 aromatic carbocycles. The van der Waals surface area contributed by atoms with Crippen LogP contribution in [-0.4, -0.2) is 57.5 Å². The lowest BCUT2D eigenvalue weighted by Crippen LogP contribution is -2.35. The number of carbonyl (C=O) groups is 1. The van der Waals surface area contributed by atoms with Crippen molar-refractivity contribution in [3.8, 4) is 5.75 Å². The smallest absolute Gasteiger partial charge is 0.254 e. The molecule has 7 nitrogen and oxygen atoms in total. The summed E-state index contributed by atoms with van der Waals surface area (Å²) in [5.74, 6) is -0.753. The summed E-state index contributed by atoms with van der Waals surface area (Å²) in [6.45, 7) is 2.39. The van der Waals surface area contributed by atoms with Crippen molar-refractivity contribution in [3.05, 3.63) is 95.9 Å². The fraction of sp³-hybridized carbons (Fsp3) is 0.241. The monoisotopic (exact) mass is 533 g/mol. The van der Waals surface area contributed by atoms with Crippen LogP contribution in [0.5, 0.6) is 5.75 Å². The number of hydrogen-bond donors (Lipinski definition) is 0. The maximum atomic E-state index is 15.1. The molecule has 2 heterocycles. The maximum absolute atomic E-state index is 15.1. The van der Waals surface area contributed by atoms with Crippen LogP contribution in [0, 0.1) is 5.82 Å². The molecule has 9 heteroatoms. The van der Waals surface area contributed by atoms with Crippen molar-refractivity contribution in [1.29, 1.82) is 0 Å². The predicted octanol–water partition coefficient (Wildman–Crippen LogP) is 4.71. The van der Waals surface area contributed by atoms with Crippen molar-refractivity contribution in [2.75, 3.05) is 38.2 Å². The van der Waals surface area contributed by atoms with Gasteiger partial charge in [0.25, 0.3) is 5.91 Å². The van der Waals surface area contributed by atoms with Gasteiger partial charge in [-0.15, -0.1) is 0 Å². The zero-order valence-electron chi connectivity index (χ0n) is 21.0. The summed E-state index contributed by atoms with van der Waals surface area (Å²) < 4.78 is 46.9. The standard InChI is InChI=1S/C29H28FN3O4S/c1-37-26-10-3-2-9-25(26)32-15-6-16-33(18-17-32)29(34)22-12-13-23(24(30)19-22)20-38(35,36)27-11-4-7-21-8-5-14-31-28(21)27/h2-5,7-14,19H,6,15-18,20H2,1H3. The number of amides is 1. The molecule has 1 amide bonds. The number of pyridine rings is 1. The number of carbonyl (C=O) groups excluding carboxylic acids is 1.